The smallest absolute Gasteiger partial charge is 0.225 e. The second-order valence-electron chi connectivity index (χ2n) is 4.15. The number of aliphatic hydroxyl groups is 1. The number of nitrogens with one attached hydrogen (secondary N) is 1. The molecule has 0 fully saturated rings. The van der Waals surface area contributed by atoms with Crippen molar-refractivity contribution >= 4 is 17.2 Å². The first-order valence-electron chi connectivity index (χ1n) is 5.56. The molecule has 1 unspecified atom stereocenters. The Morgan fingerprint density at radius 1 is 1.56 bits per heavy atom. The Kier molecular flexibility index (Phi) is 5.49. The van der Waals surface area contributed by atoms with E-state index in [-0.39, 0.29) is 24.3 Å². The maximum Gasteiger partial charge on any atom is 0.225 e. The van der Waals surface area contributed by atoms with Gasteiger partial charge in [-0.05, 0) is 23.8 Å². The molecule has 0 aliphatic heterocycles. The number of carbonyl (C=O) groups excluding carboxylic acids is 1. The predicted octanol–water partition coefficient (Wildman–Crippen LogP) is 1.67. The molecule has 0 aliphatic carbocycles. The third-order valence-corrected chi connectivity index (χ3v) is 3.53. The van der Waals surface area contributed by atoms with Crippen LogP contribution >= 0.6 is 11.3 Å². The molecule has 0 spiro atoms. The Labute approximate surface area is 100 Å². The van der Waals surface area contributed by atoms with Crippen molar-refractivity contribution < 1.29 is 9.90 Å². The van der Waals surface area contributed by atoms with Crippen molar-refractivity contribution in [3.63, 3.8) is 0 Å². The summed E-state index contributed by atoms with van der Waals surface area (Å²) in [5.74, 6) is -0.163. The van der Waals surface area contributed by atoms with Crippen molar-refractivity contribution in [3.05, 3.63) is 22.4 Å². The lowest BCUT2D eigenvalue weighted by atomic mass is 9.96. The predicted molar refractivity (Wildman–Crippen MR) is 66.4 cm³/mol. The average molecular weight is 241 g/mol. The Morgan fingerprint density at radius 2 is 2.31 bits per heavy atom. The minimum Gasteiger partial charge on any atom is -0.396 e. The maximum absolute atomic E-state index is 11.7. The topological polar surface area (TPSA) is 49.3 Å². The summed E-state index contributed by atoms with van der Waals surface area (Å²) in [7, 11) is 0. The minimum atomic E-state index is -0.289. The van der Waals surface area contributed by atoms with Gasteiger partial charge >= 0.3 is 0 Å². The summed E-state index contributed by atoms with van der Waals surface area (Å²) in [6.45, 7) is 4.45. The van der Waals surface area contributed by atoms with Crippen LogP contribution in [0.3, 0.4) is 0 Å². The van der Waals surface area contributed by atoms with Gasteiger partial charge in [-0.25, -0.2) is 0 Å². The van der Waals surface area contributed by atoms with Crippen molar-refractivity contribution in [2.75, 3.05) is 13.2 Å². The standard InChI is InChI=1S/C12H19NO2S/c1-9(2)11(8-14)12(15)13-6-5-10-4-3-7-16-10/h3-4,7,9,11,14H,5-6,8H2,1-2H3,(H,13,15). The molecule has 0 aliphatic rings. The fourth-order valence-corrected chi connectivity index (χ4v) is 2.20. The maximum atomic E-state index is 11.7. The summed E-state index contributed by atoms with van der Waals surface area (Å²) in [4.78, 5) is 12.9. The summed E-state index contributed by atoms with van der Waals surface area (Å²) in [5, 5.41) is 14.0. The van der Waals surface area contributed by atoms with Gasteiger partial charge in [-0.3, -0.25) is 4.79 Å². The van der Waals surface area contributed by atoms with Gasteiger partial charge in [-0.1, -0.05) is 19.9 Å². The highest BCUT2D eigenvalue weighted by atomic mass is 32.1. The van der Waals surface area contributed by atoms with Crippen molar-refractivity contribution in [2.24, 2.45) is 11.8 Å². The molecule has 1 heterocycles. The molecule has 0 saturated carbocycles. The van der Waals surface area contributed by atoms with Gasteiger partial charge in [-0.2, -0.15) is 0 Å². The van der Waals surface area contributed by atoms with Gasteiger partial charge in [0.15, 0.2) is 0 Å². The largest absolute Gasteiger partial charge is 0.396 e. The summed E-state index contributed by atoms with van der Waals surface area (Å²) in [6, 6.07) is 4.06. The van der Waals surface area contributed by atoms with Crippen molar-refractivity contribution in [3.8, 4) is 0 Å². The van der Waals surface area contributed by atoms with Crippen LogP contribution in [0.5, 0.6) is 0 Å². The van der Waals surface area contributed by atoms with Crippen molar-refractivity contribution in [1.29, 1.82) is 0 Å². The number of hydrogen-bond acceptors (Lipinski definition) is 3. The summed E-state index contributed by atoms with van der Waals surface area (Å²) in [5.41, 5.74) is 0. The SMILES string of the molecule is CC(C)C(CO)C(=O)NCCc1cccs1. The van der Waals surface area contributed by atoms with Crippen LogP contribution in [0.1, 0.15) is 18.7 Å². The molecule has 1 amide bonds. The van der Waals surface area contributed by atoms with E-state index >= 15 is 0 Å². The molecule has 1 rings (SSSR count). The second-order valence-corrected chi connectivity index (χ2v) is 5.19. The molecule has 0 radical (unpaired) electrons. The van der Waals surface area contributed by atoms with Crippen molar-refractivity contribution in [2.45, 2.75) is 20.3 Å². The van der Waals surface area contributed by atoms with Gasteiger partial charge in [0.25, 0.3) is 0 Å². The van der Waals surface area contributed by atoms with E-state index < -0.39 is 0 Å². The van der Waals surface area contributed by atoms with Crippen LogP contribution in [0.2, 0.25) is 0 Å². The molecule has 1 atom stereocenters. The van der Waals surface area contributed by atoms with E-state index in [0.717, 1.165) is 6.42 Å². The zero-order valence-electron chi connectivity index (χ0n) is 9.77. The lowest BCUT2D eigenvalue weighted by Crippen LogP contribution is -2.36. The molecule has 0 saturated heterocycles. The summed E-state index contributed by atoms with van der Waals surface area (Å²) < 4.78 is 0. The molecule has 90 valence electrons. The highest BCUT2D eigenvalue weighted by molar-refractivity contribution is 7.09. The van der Waals surface area contributed by atoms with Crippen LogP contribution in [0.15, 0.2) is 17.5 Å². The normalized spacial score (nSPS) is 12.8. The van der Waals surface area contributed by atoms with Crippen LogP contribution < -0.4 is 5.32 Å². The first-order chi connectivity index (χ1) is 7.65. The highest BCUT2D eigenvalue weighted by Crippen LogP contribution is 2.11. The number of aliphatic hydroxyl groups excluding tert-OH is 1. The lowest BCUT2D eigenvalue weighted by molar-refractivity contribution is -0.127. The molecule has 1 aromatic heterocycles. The molecule has 2 N–H and O–H groups in total. The Morgan fingerprint density at radius 3 is 2.81 bits per heavy atom. The first-order valence-corrected chi connectivity index (χ1v) is 6.44. The molecule has 3 nitrogen and oxygen atoms in total. The zero-order valence-corrected chi connectivity index (χ0v) is 10.6. The lowest BCUT2D eigenvalue weighted by Gasteiger charge is -2.17. The molecular formula is C12H19NO2S. The average Bonchev–Trinajstić information content (AvgIpc) is 2.71. The minimum absolute atomic E-state index is 0.0472. The molecule has 4 heteroatoms. The molecule has 0 aromatic carbocycles. The molecule has 1 aromatic rings. The van der Waals surface area contributed by atoms with E-state index in [1.165, 1.54) is 4.88 Å². The van der Waals surface area contributed by atoms with Crippen LogP contribution in [-0.2, 0) is 11.2 Å². The Hall–Kier alpha value is -0.870. The number of thiophene rings is 1. The van der Waals surface area contributed by atoms with Gasteiger partial charge < -0.3 is 10.4 Å². The van der Waals surface area contributed by atoms with Gasteiger partial charge in [0.05, 0.1) is 12.5 Å². The van der Waals surface area contributed by atoms with Crippen LogP contribution in [0, 0.1) is 11.8 Å². The van der Waals surface area contributed by atoms with E-state index in [2.05, 4.69) is 11.4 Å². The van der Waals surface area contributed by atoms with E-state index in [1.807, 2.05) is 25.3 Å². The van der Waals surface area contributed by atoms with Gasteiger partial charge in [-0.15, -0.1) is 11.3 Å². The molecule has 0 bridgehead atoms. The third kappa shape index (κ3) is 3.94. The van der Waals surface area contributed by atoms with E-state index in [1.54, 1.807) is 11.3 Å². The fraction of sp³-hybridized carbons (Fsp3) is 0.583. The fourth-order valence-electron chi connectivity index (χ4n) is 1.49. The number of carbonyl (C=O) groups is 1. The van der Waals surface area contributed by atoms with E-state index in [4.69, 9.17) is 5.11 Å². The number of amides is 1. The van der Waals surface area contributed by atoms with E-state index in [0.29, 0.717) is 6.54 Å². The zero-order chi connectivity index (χ0) is 12.0. The molecular weight excluding hydrogens is 222 g/mol. The van der Waals surface area contributed by atoms with Crippen LogP contribution in [0.4, 0.5) is 0 Å². The number of rotatable bonds is 6. The Bertz CT molecular complexity index is 309. The third-order valence-electron chi connectivity index (χ3n) is 2.59. The second kappa shape index (κ2) is 6.66. The van der Waals surface area contributed by atoms with Gasteiger partial charge in [0.2, 0.25) is 5.91 Å². The van der Waals surface area contributed by atoms with Crippen LogP contribution in [-0.4, -0.2) is 24.2 Å². The van der Waals surface area contributed by atoms with Gasteiger partial charge in [0, 0.05) is 11.4 Å². The highest BCUT2D eigenvalue weighted by Gasteiger charge is 2.20. The Balaban J connectivity index is 2.29. The van der Waals surface area contributed by atoms with Gasteiger partial charge in [0.1, 0.15) is 0 Å². The van der Waals surface area contributed by atoms with Crippen molar-refractivity contribution in [1.82, 2.24) is 5.32 Å². The van der Waals surface area contributed by atoms with E-state index in [9.17, 15) is 4.79 Å². The summed E-state index contributed by atoms with van der Waals surface area (Å²) >= 11 is 1.69. The first kappa shape index (κ1) is 13.2. The van der Waals surface area contributed by atoms with Crippen LogP contribution in [0.25, 0.3) is 0 Å². The monoisotopic (exact) mass is 241 g/mol. The number of hydrogen-bond donors (Lipinski definition) is 2. The molecule has 16 heavy (non-hydrogen) atoms. The quantitative estimate of drug-likeness (QED) is 0.796. The summed E-state index contributed by atoms with van der Waals surface area (Å²) in [6.07, 6.45) is 0.861.